The lowest BCUT2D eigenvalue weighted by molar-refractivity contribution is -0.113. The van der Waals surface area contributed by atoms with E-state index in [1.165, 1.54) is 41.3 Å². The van der Waals surface area contributed by atoms with Crippen LogP contribution in [0, 0.1) is 5.82 Å². The molecule has 5 nitrogen and oxygen atoms in total. The molecule has 0 unspecified atom stereocenters. The van der Waals surface area contributed by atoms with Gasteiger partial charge in [0.25, 0.3) is 5.91 Å². The number of anilines is 1. The van der Waals surface area contributed by atoms with Gasteiger partial charge in [0.05, 0.1) is 11.3 Å². The molecule has 0 saturated heterocycles. The van der Waals surface area contributed by atoms with E-state index in [0.717, 1.165) is 0 Å². The van der Waals surface area contributed by atoms with Gasteiger partial charge in [0.2, 0.25) is 0 Å². The third kappa shape index (κ3) is 3.86. The van der Waals surface area contributed by atoms with Crippen LogP contribution in [0.5, 0.6) is 0 Å². The molecule has 0 saturated carbocycles. The van der Waals surface area contributed by atoms with E-state index in [2.05, 4.69) is 4.99 Å². The van der Waals surface area contributed by atoms with Crippen LogP contribution in [0.1, 0.15) is 21.5 Å². The fourth-order valence-electron chi connectivity index (χ4n) is 3.02. The third-order valence-electron chi connectivity index (χ3n) is 4.51. The summed E-state index contributed by atoms with van der Waals surface area (Å²) in [5, 5.41) is 9.58. The molecule has 3 aromatic rings. The number of hydrogen-bond acceptors (Lipinski definition) is 3. The van der Waals surface area contributed by atoms with Crippen LogP contribution in [0.2, 0.25) is 5.02 Å². The van der Waals surface area contributed by atoms with Crippen LogP contribution in [0.3, 0.4) is 0 Å². The average Bonchev–Trinajstić information content (AvgIpc) is 3.06. The van der Waals surface area contributed by atoms with Crippen molar-refractivity contribution in [1.29, 1.82) is 0 Å². The zero-order chi connectivity index (χ0) is 21.3. The van der Waals surface area contributed by atoms with Crippen molar-refractivity contribution in [2.45, 2.75) is 0 Å². The van der Waals surface area contributed by atoms with Gasteiger partial charge in [-0.2, -0.15) is 0 Å². The topological polar surface area (TPSA) is 70.0 Å². The van der Waals surface area contributed by atoms with E-state index >= 15 is 0 Å². The van der Waals surface area contributed by atoms with E-state index in [-0.39, 0.29) is 17.2 Å². The lowest BCUT2D eigenvalue weighted by Gasteiger charge is -2.18. The Labute approximate surface area is 176 Å². The Hall–Kier alpha value is -3.77. The molecule has 1 N–H and O–H groups in total. The van der Waals surface area contributed by atoms with E-state index < -0.39 is 11.8 Å². The highest BCUT2D eigenvalue weighted by Crippen LogP contribution is 2.28. The van der Waals surface area contributed by atoms with Crippen molar-refractivity contribution < 1.29 is 19.1 Å². The number of aliphatic imine (C=N–C) groups is 1. The molecule has 1 heterocycles. The average molecular weight is 421 g/mol. The summed E-state index contributed by atoms with van der Waals surface area (Å²) < 4.78 is 13.4. The monoisotopic (exact) mass is 420 g/mol. The van der Waals surface area contributed by atoms with Crippen molar-refractivity contribution in [3.8, 4) is 0 Å². The Morgan fingerprint density at radius 2 is 1.60 bits per heavy atom. The van der Waals surface area contributed by atoms with Gasteiger partial charge in [-0.1, -0.05) is 23.7 Å². The predicted molar refractivity (Wildman–Crippen MR) is 113 cm³/mol. The number of halogens is 2. The molecule has 30 heavy (non-hydrogen) atoms. The summed E-state index contributed by atoms with van der Waals surface area (Å²) >= 11 is 5.97. The van der Waals surface area contributed by atoms with Gasteiger partial charge in [-0.15, -0.1) is 0 Å². The minimum Gasteiger partial charge on any atom is -0.478 e. The number of carbonyl (C=O) groups is 2. The molecule has 0 bridgehead atoms. The summed E-state index contributed by atoms with van der Waals surface area (Å²) in [6.45, 7) is 0. The first-order chi connectivity index (χ1) is 14.4. The lowest BCUT2D eigenvalue weighted by atomic mass is 10.1. The number of carbonyl (C=O) groups excluding carboxylic acids is 1. The number of amidine groups is 1. The van der Waals surface area contributed by atoms with Crippen molar-refractivity contribution in [2.24, 2.45) is 4.99 Å². The Kier molecular flexibility index (Phi) is 5.16. The normalized spacial score (nSPS) is 14.9. The molecule has 148 valence electrons. The van der Waals surface area contributed by atoms with Crippen molar-refractivity contribution in [3.63, 3.8) is 0 Å². The van der Waals surface area contributed by atoms with E-state index in [1.54, 1.807) is 42.5 Å². The van der Waals surface area contributed by atoms with E-state index in [4.69, 9.17) is 16.7 Å². The zero-order valence-corrected chi connectivity index (χ0v) is 16.2. The molecule has 4 rings (SSSR count). The number of nitrogens with zero attached hydrogens (tertiary/aromatic N) is 2. The summed E-state index contributed by atoms with van der Waals surface area (Å²) in [4.78, 5) is 30.1. The standard InChI is InChI=1S/C23H14ClFN2O3/c24-17-7-5-15(6-8-17)21-26-20(13-14-1-3-16(4-2-14)23(29)30)22(28)27(21)19-11-9-18(25)10-12-19/h1-13H,(H,29,30)/b20-13+. The maximum atomic E-state index is 13.4. The second kappa shape index (κ2) is 7.93. The first kappa shape index (κ1) is 19.5. The predicted octanol–water partition coefficient (Wildman–Crippen LogP) is 5.01. The van der Waals surface area contributed by atoms with Crippen LogP contribution in [0.15, 0.2) is 83.5 Å². The summed E-state index contributed by atoms with van der Waals surface area (Å²) in [7, 11) is 0. The van der Waals surface area contributed by atoms with E-state index in [1.807, 2.05) is 0 Å². The number of hydrogen-bond donors (Lipinski definition) is 1. The van der Waals surface area contributed by atoms with Gasteiger partial charge in [-0.3, -0.25) is 9.69 Å². The fourth-order valence-corrected chi connectivity index (χ4v) is 3.14. The zero-order valence-electron chi connectivity index (χ0n) is 15.4. The molecule has 7 heteroatoms. The maximum Gasteiger partial charge on any atom is 0.335 e. The summed E-state index contributed by atoms with van der Waals surface area (Å²) in [5.74, 6) is -1.44. The van der Waals surface area contributed by atoms with Gasteiger partial charge in [0.15, 0.2) is 0 Å². The smallest absolute Gasteiger partial charge is 0.335 e. The van der Waals surface area contributed by atoms with Crippen LogP contribution in [0.4, 0.5) is 10.1 Å². The molecule has 0 radical (unpaired) electrons. The van der Waals surface area contributed by atoms with Crippen LogP contribution in [0.25, 0.3) is 6.08 Å². The van der Waals surface area contributed by atoms with Crippen LogP contribution in [-0.2, 0) is 4.79 Å². The Balaban J connectivity index is 1.78. The van der Waals surface area contributed by atoms with E-state index in [0.29, 0.717) is 27.7 Å². The highest BCUT2D eigenvalue weighted by Gasteiger charge is 2.32. The minimum atomic E-state index is -1.03. The molecule has 0 spiro atoms. The van der Waals surface area contributed by atoms with Gasteiger partial charge < -0.3 is 5.11 Å². The van der Waals surface area contributed by atoms with Crippen molar-refractivity contribution in [2.75, 3.05) is 4.90 Å². The van der Waals surface area contributed by atoms with Gasteiger partial charge >= 0.3 is 5.97 Å². The molecule has 1 amide bonds. The molecule has 0 aliphatic carbocycles. The quantitative estimate of drug-likeness (QED) is 0.603. The van der Waals surface area contributed by atoms with Gasteiger partial charge in [0, 0.05) is 10.6 Å². The summed E-state index contributed by atoms with van der Waals surface area (Å²) in [6, 6.07) is 18.5. The molecule has 0 aromatic heterocycles. The Morgan fingerprint density at radius 1 is 0.967 bits per heavy atom. The van der Waals surface area contributed by atoms with Gasteiger partial charge in [-0.25, -0.2) is 14.2 Å². The molecular weight excluding hydrogens is 407 g/mol. The Bertz CT molecular complexity index is 1180. The van der Waals surface area contributed by atoms with E-state index in [9.17, 15) is 14.0 Å². The second-order valence-electron chi connectivity index (χ2n) is 6.52. The fraction of sp³-hybridized carbons (Fsp3) is 0. The maximum absolute atomic E-state index is 13.4. The van der Waals surface area contributed by atoms with Gasteiger partial charge in [0.1, 0.15) is 17.3 Å². The highest BCUT2D eigenvalue weighted by molar-refractivity contribution is 6.34. The Morgan fingerprint density at radius 3 is 2.20 bits per heavy atom. The summed E-state index contributed by atoms with van der Waals surface area (Å²) in [6.07, 6.45) is 1.58. The highest BCUT2D eigenvalue weighted by atomic mass is 35.5. The molecule has 0 atom stereocenters. The lowest BCUT2D eigenvalue weighted by Crippen LogP contribution is -2.32. The van der Waals surface area contributed by atoms with Crippen LogP contribution < -0.4 is 4.90 Å². The molecule has 1 aliphatic heterocycles. The molecular formula is C23H14ClFN2O3. The number of aromatic carboxylic acids is 1. The number of carboxylic acids is 1. The third-order valence-corrected chi connectivity index (χ3v) is 4.76. The number of amides is 1. The van der Waals surface area contributed by atoms with Gasteiger partial charge in [-0.05, 0) is 72.3 Å². The van der Waals surface area contributed by atoms with Crippen molar-refractivity contribution in [1.82, 2.24) is 0 Å². The largest absolute Gasteiger partial charge is 0.478 e. The van der Waals surface area contributed by atoms with Crippen molar-refractivity contribution in [3.05, 3.63) is 106 Å². The number of carboxylic acid groups (broad SMARTS) is 1. The van der Waals surface area contributed by atoms with Crippen LogP contribution >= 0.6 is 11.6 Å². The first-order valence-corrected chi connectivity index (χ1v) is 9.30. The SMILES string of the molecule is O=C(O)c1ccc(/C=C2/N=C(c3ccc(Cl)cc3)N(c3ccc(F)cc3)C2=O)cc1. The molecule has 0 fully saturated rings. The minimum absolute atomic E-state index is 0.146. The number of rotatable bonds is 4. The van der Waals surface area contributed by atoms with Crippen LogP contribution in [-0.4, -0.2) is 22.8 Å². The first-order valence-electron chi connectivity index (χ1n) is 8.92. The number of benzene rings is 3. The molecule has 1 aliphatic rings. The second-order valence-corrected chi connectivity index (χ2v) is 6.95. The summed E-state index contributed by atoms with van der Waals surface area (Å²) in [5.41, 5.74) is 2.09. The molecule has 3 aromatic carbocycles. The van der Waals surface area contributed by atoms with Crippen molar-refractivity contribution >= 4 is 41.1 Å².